The summed E-state index contributed by atoms with van der Waals surface area (Å²) in [5.41, 5.74) is 4.73. The predicted molar refractivity (Wildman–Crippen MR) is 118 cm³/mol. The first-order chi connectivity index (χ1) is 14.3. The lowest BCUT2D eigenvalue weighted by atomic mass is 9.58. The highest BCUT2D eigenvalue weighted by Gasteiger charge is 2.50. The summed E-state index contributed by atoms with van der Waals surface area (Å²) in [7, 11) is 0. The molecule has 0 aliphatic heterocycles. The first-order valence-corrected chi connectivity index (χ1v) is 10.9. The van der Waals surface area contributed by atoms with Crippen molar-refractivity contribution in [3.8, 4) is 11.4 Å². The van der Waals surface area contributed by atoms with Crippen molar-refractivity contribution in [3.05, 3.63) is 64.1 Å². The SMILES string of the molecule is [C-]#[N+]C1=C(O)[C@H](C)[C@H]2CCc3c(nc(-c4ccc(C(C)C)cc4)n3CCO)[C@]2(C)C1. The number of aliphatic hydroxyl groups excluding tert-OH is 2. The van der Waals surface area contributed by atoms with Crippen molar-refractivity contribution in [2.75, 3.05) is 6.61 Å². The molecule has 2 aliphatic rings. The van der Waals surface area contributed by atoms with E-state index in [-0.39, 0.29) is 29.6 Å². The minimum Gasteiger partial charge on any atom is -0.523 e. The van der Waals surface area contributed by atoms with Gasteiger partial charge in [-0.3, -0.25) is 0 Å². The molecule has 30 heavy (non-hydrogen) atoms. The molecule has 0 unspecified atom stereocenters. The normalized spacial score (nSPS) is 25.8. The van der Waals surface area contributed by atoms with E-state index >= 15 is 0 Å². The summed E-state index contributed by atoms with van der Waals surface area (Å²) in [4.78, 5) is 8.79. The molecule has 3 atom stereocenters. The maximum Gasteiger partial charge on any atom is 0.203 e. The number of aromatic nitrogens is 2. The van der Waals surface area contributed by atoms with Crippen LogP contribution < -0.4 is 0 Å². The van der Waals surface area contributed by atoms with Gasteiger partial charge in [-0.05, 0) is 36.7 Å². The molecule has 2 N–H and O–H groups in total. The standard InChI is InChI=1S/C25H31N3O2/c1-15(2)17-6-8-18(9-7-17)24-27-23-21(28(24)12-13-29)11-10-19-16(3)22(30)20(26-5)14-25(19,23)4/h6-9,15-16,19,29-30H,10-14H2,1-4H3/t16-,19-,25-/m1/s1. The second-order valence-electron chi connectivity index (χ2n) is 9.35. The van der Waals surface area contributed by atoms with E-state index in [1.54, 1.807) is 0 Å². The highest BCUT2D eigenvalue weighted by atomic mass is 16.3. The minimum absolute atomic E-state index is 0.0437. The van der Waals surface area contributed by atoms with Gasteiger partial charge >= 0.3 is 0 Å². The van der Waals surface area contributed by atoms with E-state index in [4.69, 9.17) is 11.6 Å². The van der Waals surface area contributed by atoms with E-state index < -0.39 is 0 Å². The van der Waals surface area contributed by atoms with Crippen LogP contribution in [0.25, 0.3) is 16.2 Å². The molecule has 2 aliphatic carbocycles. The number of benzene rings is 1. The van der Waals surface area contributed by atoms with E-state index in [0.717, 1.165) is 29.9 Å². The number of fused-ring (bicyclic) bond motifs is 3. The summed E-state index contributed by atoms with van der Waals surface area (Å²) in [6.45, 7) is 16.7. The Hall–Kier alpha value is -2.58. The van der Waals surface area contributed by atoms with Crippen LogP contribution in [0, 0.1) is 18.4 Å². The number of rotatable bonds is 4. The molecule has 5 nitrogen and oxygen atoms in total. The molecular weight excluding hydrogens is 374 g/mol. The molecule has 5 heteroatoms. The molecule has 0 bridgehead atoms. The van der Waals surface area contributed by atoms with Crippen LogP contribution in [0.4, 0.5) is 0 Å². The molecule has 0 spiro atoms. The van der Waals surface area contributed by atoms with Crippen molar-refractivity contribution in [1.29, 1.82) is 0 Å². The van der Waals surface area contributed by atoms with Crippen LogP contribution in [0.2, 0.25) is 0 Å². The Morgan fingerprint density at radius 1 is 1.30 bits per heavy atom. The number of hydrogen-bond acceptors (Lipinski definition) is 3. The molecule has 0 saturated heterocycles. The van der Waals surface area contributed by atoms with Gasteiger partial charge in [0, 0.05) is 29.1 Å². The fourth-order valence-electron chi connectivity index (χ4n) is 5.57. The topological polar surface area (TPSA) is 62.6 Å². The van der Waals surface area contributed by atoms with Crippen molar-refractivity contribution in [2.24, 2.45) is 11.8 Å². The maximum absolute atomic E-state index is 10.5. The van der Waals surface area contributed by atoms with Crippen molar-refractivity contribution in [3.63, 3.8) is 0 Å². The molecule has 1 heterocycles. The van der Waals surface area contributed by atoms with Crippen LogP contribution in [-0.2, 0) is 18.4 Å². The zero-order valence-corrected chi connectivity index (χ0v) is 18.3. The van der Waals surface area contributed by atoms with Crippen molar-refractivity contribution in [1.82, 2.24) is 9.55 Å². The summed E-state index contributed by atoms with van der Waals surface area (Å²) in [5, 5.41) is 20.3. The average Bonchev–Trinajstić information content (AvgIpc) is 3.11. The Balaban J connectivity index is 1.85. The molecule has 0 saturated carbocycles. The molecule has 4 rings (SSSR count). The highest BCUT2D eigenvalue weighted by Crippen LogP contribution is 2.53. The molecule has 158 valence electrons. The molecule has 1 aromatic heterocycles. The largest absolute Gasteiger partial charge is 0.523 e. The van der Waals surface area contributed by atoms with Gasteiger partial charge in [-0.2, -0.15) is 0 Å². The van der Waals surface area contributed by atoms with Gasteiger partial charge in [0.05, 0.1) is 24.6 Å². The van der Waals surface area contributed by atoms with E-state index in [9.17, 15) is 10.2 Å². The Kier molecular flexibility index (Phi) is 5.23. The van der Waals surface area contributed by atoms with Crippen LogP contribution in [0.15, 0.2) is 35.7 Å². The van der Waals surface area contributed by atoms with E-state index in [0.29, 0.717) is 24.6 Å². The summed E-state index contributed by atoms with van der Waals surface area (Å²) in [5.74, 6) is 1.83. The number of imidazole rings is 1. The van der Waals surface area contributed by atoms with Crippen molar-refractivity contribution >= 4 is 0 Å². The Morgan fingerprint density at radius 2 is 2.00 bits per heavy atom. The van der Waals surface area contributed by atoms with Crippen LogP contribution in [-0.4, -0.2) is 26.4 Å². The molecule has 0 fully saturated rings. The summed E-state index contributed by atoms with van der Waals surface area (Å²) in [6.07, 6.45) is 2.34. The number of hydrogen-bond donors (Lipinski definition) is 2. The lowest BCUT2D eigenvalue weighted by Crippen LogP contribution is -2.44. The van der Waals surface area contributed by atoms with Gasteiger partial charge in [-0.15, -0.1) is 0 Å². The predicted octanol–water partition coefficient (Wildman–Crippen LogP) is 5.21. The zero-order valence-electron chi connectivity index (χ0n) is 18.3. The van der Waals surface area contributed by atoms with Crippen LogP contribution in [0.3, 0.4) is 0 Å². The Labute approximate surface area is 178 Å². The first-order valence-electron chi connectivity index (χ1n) is 10.9. The van der Waals surface area contributed by atoms with Gasteiger partial charge in [-0.25, -0.2) is 9.83 Å². The molecule has 0 amide bonds. The minimum atomic E-state index is -0.285. The van der Waals surface area contributed by atoms with Crippen LogP contribution in [0.1, 0.15) is 63.4 Å². The molecular formula is C25H31N3O2. The Bertz CT molecular complexity index is 1030. The second-order valence-corrected chi connectivity index (χ2v) is 9.35. The summed E-state index contributed by atoms with van der Waals surface area (Å²) >= 11 is 0. The second kappa shape index (κ2) is 7.59. The average molecular weight is 406 g/mol. The fourth-order valence-corrected chi connectivity index (χ4v) is 5.57. The van der Waals surface area contributed by atoms with Gasteiger partial charge in [0.1, 0.15) is 5.82 Å². The third-order valence-corrected chi connectivity index (χ3v) is 7.28. The molecule has 1 aromatic carbocycles. The number of nitrogens with zero attached hydrogens (tertiary/aromatic N) is 3. The van der Waals surface area contributed by atoms with Crippen molar-refractivity contribution < 1.29 is 10.2 Å². The quantitative estimate of drug-likeness (QED) is 0.686. The zero-order chi connectivity index (χ0) is 21.6. The first kappa shape index (κ1) is 20.7. The fraction of sp³-hybridized carbons (Fsp3) is 0.520. The highest BCUT2D eigenvalue weighted by molar-refractivity contribution is 5.59. The van der Waals surface area contributed by atoms with Gasteiger partial charge < -0.3 is 14.8 Å². The molecule has 2 aromatic rings. The number of aliphatic hydroxyl groups is 2. The Morgan fingerprint density at radius 3 is 2.60 bits per heavy atom. The third-order valence-electron chi connectivity index (χ3n) is 7.28. The van der Waals surface area contributed by atoms with E-state index in [2.05, 4.69) is 54.4 Å². The lowest BCUT2D eigenvalue weighted by Gasteiger charge is -2.47. The van der Waals surface area contributed by atoms with E-state index in [1.165, 1.54) is 11.3 Å². The van der Waals surface area contributed by atoms with Gasteiger partial charge in [0.25, 0.3) is 0 Å². The summed E-state index contributed by atoms with van der Waals surface area (Å²) in [6, 6.07) is 8.55. The molecule has 0 radical (unpaired) electrons. The van der Waals surface area contributed by atoms with Gasteiger partial charge in [0.15, 0.2) is 0 Å². The number of allylic oxidation sites excluding steroid dienone is 2. The van der Waals surface area contributed by atoms with Crippen molar-refractivity contribution in [2.45, 2.75) is 64.8 Å². The smallest absolute Gasteiger partial charge is 0.203 e. The van der Waals surface area contributed by atoms with Crippen LogP contribution in [0.5, 0.6) is 0 Å². The van der Waals surface area contributed by atoms with Crippen LogP contribution >= 0.6 is 0 Å². The third kappa shape index (κ3) is 3.06. The van der Waals surface area contributed by atoms with Gasteiger partial charge in [-0.1, -0.05) is 52.0 Å². The monoisotopic (exact) mass is 405 g/mol. The summed E-state index contributed by atoms with van der Waals surface area (Å²) < 4.78 is 2.17. The van der Waals surface area contributed by atoms with E-state index in [1.807, 2.05) is 6.92 Å². The van der Waals surface area contributed by atoms with Gasteiger partial charge in [0.2, 0.25) is 5.70 Å². The lowest BCUT2D eigenvalue weighted by molar-refractivity contribution is 0.134. The maximum atomic E-state index is 10.5.